The van der Waals surface area contributed by atoms with Gasteiger partial charge in [0, 0.05) is 0 Å². The summed E-state index contributed by atoms with van der Waals surface area (Å²) in [6.45, 7) is 0.696. The maximum absolute atomic E-state index is 5.53. The SMILES string of the molecule is COc1ccc2cc(CCN)ccc2c1.Cl. The lowest BCUT2D eigenvalue weighted by atomic mass is 10.0. The van der Waals surface area contributed by atoms with Gasteiger partial charge in [0.25, 0.3) is 0 Å². The quantitative estimate of drug-likeness (QED) is 0.891. The topological polar surface area (TPSA) is 35.2 Å². The molecule has 0 amide bonds. The summed E-state index contributed by atoms with van der Waals surface area (Å²) in [6.07, 6.45) is 0.933. The number of hydrogen-bond acceptors (Lipinski definition) is 2. The van der Waals surface area contributed by atoms with Crippen molar-refractivity contribution in [3.05, 3.63) is 42.0 Å². The van der Waals surface area contributed by atoms with Crippen LogP contribution in [-0.4, -0.2) is 13.7 Å². The first kappa shape index (κ1) is 12.8. The number of benzene rings is 2. The van der Waals surface area contributed by atoms with Gasteiger partial charge in [-0.3, -0.25) is 0 Å². The van der Waals surface area contributed by atoms with E-state index in [0.717, 1.165) is 12.2 Å². The highest BCUT2D eigenvalue weighted by atomic mass is 35.5. The first-order valence-corrected chi connectivity index (χ1v) is 5.10. The lowest BCUT2D eigenvalue weighted by Crippen LogP contribution is -2.02. The summed E-state index contributed by atoms with van der Waals surface area (Å²) in [5, 5.41) is 2.44. The van der Waals surface area contributed by atoms with Gasteiger partial charge in [0.15, 0.2) is 0 Å². The molecular weight excluding hydrogens is 222 g/mol. The molecule has 16 heavy (non-hydrogen) atoms. The lowest BCUT2D eigenvalue weighted by Gasteiger charge is -2.04. The van der Waals surface area contributed by atoms with Gasteiger partial charge in [-0.05, 0) is 41.4 Å². The van der Waals surface area contributed by atoms with Gasteiger partial charge in [-0.2, -0.15) is 0 Å². The van der Waals surface area contributed by atoms with Crippen LogP contribution in [0.3, 0.4) is 0 Å². The Bertz CT molecular complexity index is 470. The minimum atomic E-state index is 0. The maximum atomic E-state index is 5.53. The third-order valence-corrected chi connectivity index (χ3v) is 2.54. The van der Waals surface area contributed by atoms with Crippen molar-refractivity contribution in [1.82, 2.24) is 0 Å². The molecule has 2 nitrogen and oxygen atoms in total. The van der Waals surface area contributed by atoms with E-state index < -0.39 is 0 Å². The molecular formula is C13H16ClNO. The van der Waals surface area contributed by atoms with Gasteiger partial charge >= 0.3 is 0 Å². The van der Waals surface area contributed by atoms with E-state index in [-0.39, 0.29) is 12.4 Å². The van der Waals surface area contributed by atoms with Gasteiger partial charge < -0.3 is 10.5 Å². The average Bonchev–Trinajstić information content (AvgIpc) is 2.29. The second-order valence-corrected chi connectivity index (χ2v) is 3.59. The molecule has 2 rings (SSSR count). The standard InChI is InChI=1S/C13H15NO.ClH/c1-15-13-5-4-11-8-10(6-7-14)2-3-12(11)9-13;/h2-5,8-9H,6-7,14H2,1H3;1H. The molecule has 2 aromatic carbocycles. The third kappa shape index (κ3) is 2.65. The number of methoxy groups -OCH3 is 1. The van der Waals surface area contributed by atoms with Gasteiger partial charge in [-0.15, -0.1) is 12.4 Å². The molecule has 0 aromatic heterocycles. The minimum absolute atomic E-state index is 0. The van der Waals surface area contributed by atoms with Crippen LogP contribution in [-0.2, 0) is 6.42 Å². The van der Waals surface area contributed by atoms with E-state index in [1.54, 1.807) is 7.11 Å². The molecule has 0 unspecified atom stereocenters. The molecule has 0 bridgehead atoms. The summed E-state index contributed by atoms with van der Waals surface area (Å²) >= 11 is 0. The Labute approximate surface area is 102 Å². The van der Waals surface area contributed by atoms with Crippen molar-refractivity contribution >= 4 is 23.2 Å². The summed E-state index contributed by atoms with van der Waals surface area (Å²) in [4.78, 5) is 0. The Morgan fingerprint density at radius 1 is 1.06 bits per heavy atom. The molecule has 0 heterocycles. The van der Waals surface area contributed by atoms with Gasteiger partial charge in [-0.25, -0.2) is 0 Å². The van der Waals surface area contributed by atoms with E-state index in [4.69, 9.17) is 10.5 Å². The van der Waals surface area contributed by atoms with Crippen molar-refractivity contribution in [1.29, 1.82) is 0 Å². The summed E-state index contributed by atoms with van der Waals surface area (Å²) in [5.41, 5.74) is 6.82. The third-order valence-electron chi connectivity index (χ3n) is 2.54. The number of hydrogen-bond donors (Lipinski definition) is 1. The van der Waals surface area contributed by atoms with E-state index in [2.05, 4.69) is 24.3 Å². The van der Waals surface area contributed by atoms with E-state index in [9.17, 15) is 0 Å². The predicted octanol–water partition coefficient (Wildman–Crippen LogP) is 2.77. The van der Waals surface area contributed by atoms with Crippen LogP contribution in [0.2, 0.25) is 0 Å². The van der Waals surface area contributed by atoms with E-state index >= 15 is 0 Å². The lowest BCUT2D eigenvalue weighted by molar-refractivity contribution is 0.415. The molecule has 2 aromatic rings. The zero-order valence-corrected chi connectivity index (χ0v) is 10.1. The van der Waals surface area contributed by atoms with Crippen molar-refractivity contribution in [2.24, 2.45) is 5.73 Å². The smallest absolute Gasteiger partial charge is 0.119 e. The van der Waals surface area contributed by atoms with Crippen molar-refractivity contribution in [2.45, 2.75) is 6.42 Å². The molecule has 0 spiro atoms. The van der Waals surface area contributed by atoms with Crippen LogP contribution in [0, 0.1) is 0 Å². The number of rotatable bonds is 3. The molecule has 2 N–H and O–H groups in total. The zero-order chi connectivity index (χ0) is 10.7. The molecule has 0 saturated carbocycles. The fourth-order valence-corrected chi connectivity index (χ4v) is 1.72. The second-order valence-electron chi connectivity index (χ2n) is 3.59. The number of halogens is 1. The summed E-state index contributed by atoms with van der Waals surface area (Å²) in [5.74, 6) is 0.897. The highest BCUT2D eigenvalue weighted by Gasteiger charge is 1.98. The molecule has 0 atom stereocenters. The fraction of sp³-hybridized carbons (Fsp3) is 0.231. The van der Waals surface area contributed by atoms with Crippen LogP contribution in [0.5, 0.6) is 5.75 Å². The molecule has 0 aliphatic carbocycles. The summed E-state index contributed by atoms with van der Waals surface area (Å²) in [7, 11) is 1.68. The number of nitrogens with two attached hydrogens (primary N) is 1. The van der Waals surface area contributed by atoms with Gasteiger partial charge in [0.1, 0.15) is 5.75 Å². The zero-order valence-electron chi connectivity index (χ0n) is 9.27. The average molecular weight is 238 g/mol. The molecule has 0 aliphatic rings. The maximum Gasteiger partial charge on any atom is 0.119 e. The van der Waals surface area contributed by atoms with Crippen LogP contribution >= 0.6 is 12.4 Å². The van der Waals surface area contributed by atoms with Gasteiger partial charge in [-0.1, -0.05) is 24.3 Å². The highest BCUT2D eigenvalue weighted by molar-refractivity contribution is 5.85. The van der Waals surface area contributed by atoms with Crippen molar-refractivity contribution in [3.8, 4) is 5.75 Å². The van der Waals surface area contributed by atoms with Gasteiger partial charge in [0.2, 0.25) is 0 Å². The van der Waals surface area contributed by atoms with E-state index in [0.29, 0.717) is 6.54 Å². The first-order valence-electron chi connectivity index (χ1n) is 5.10. The Morgan fingerprint density at radius 3 is 2.44 bits per heavy atom. The molecule has 0 fully saturated rings. The Balaban J connectivity index is 0.00000128. The monoisotopic (exact) mass is 237 g/mol. The Hall–Kier alpha value is -1.25. The van der Waals surface area contributed by atoms with Crippen molar-refractivity contribution in [2.75, 3.05) is 13.7 Å². The minimum Gasteiger partial charge on any atom is -0.497 e. The first-order chi connectivity index (χ1) is 7.33. The molecule has 0 saturated heterocycles. The van der Waals surface area contributed by atoms with Crippen LogP contribution in [0.25, 0.3) is 10.8 Å². The van der Waals surface area contributed by atoms with Crippen LogP contribution in [0.1, 0.15) is 5.56 Å². The fourth-order valence-electron chi connectivity index (χ4n) is 1.72. The second kappa shape index (κ2) is 5.73. The van der Waals surface area contributed by atoms with Crippen LogP contribution < -0.4 is 10.5 Å². The Kier molecular flexibility index (Phi) is 4.59. The highest BCUT2D eigenvalue weighted by Crippen LogP contribution is 2.21. The van der Waals surface area contributed by atoms with E-state index in [1.165, 1.54) is 16.3 Å². The number of fused-ring (bicyclic) bond motifs is 1. The number of ether oxygens (including phenoxy) is 1. The predicted molar refractivity (Wildman–Crippen MR) is 70.5 cm³/mol. The van der Waals surface area contributed by atoms with Crippen molar-refractivity contribution < 1.29 is 4.74 Å². The van der Waals surface area contributed by atoms with Gasteiger partial charge in [0.05, 0.1) is 7.11 Å². The molecule has 3 heteroatoms. The summed E-state index contributed by atoms with van der Waals surface area (Å²) in [6, 6.07) is 12.5. The van der Waals surface area contributed by atoms with Crippen molar-refractivity contribution in [3.63, 3.8) is 0 Å². The van der Waals surface area contributed by atoms with Crippen LogP contribution in [0.4, 0.5) is 0 Å². The molecule has 0 aliphatic heterocycles. The normalized spacial score (nSPS) is 9.88. The van der Waals surface area contributed by atoms with E-state index in [1.807, 2.05) is 12.1 Å². The Morgan fingerprint density at radius 2 is 1.75 bits per heavy atom. The molecule has 0 radical (unpaired) electrons. The van der Waals surface area contributed by atoms with Crippen LogP contribution in [0.15, 0.2) is 36.4 Å². The largest absolute Gasteiger partial charge is 0.497 e. The summed E-state index contributed by atoms with van der Waals surface area (Å²) < 4.78 is 5.18. The molecule has 86 valence electrons.